The Kier molecular flexibility index (Phi) is 9.12. The molecular weight excluding hydrogens is 596 g/mol. The Bertz CT molecular complexity index is 1110. The molecule has 3 rings (SSSR count). The van der Waals surface area contributed by atoms with Crippen molar-refractivity contribution in [3.05, 3.63) is 34.1 Å². The van der Waals surface area contributed by atoms with Crippen LogP contribution < -0.4 is 0 Å². The molecule has 0 radical (unpaired) electrons. The number of nitrogens with zero attached hydrogens (tertiary/aromatic N) is 3. The number of carbonyl (C=O) groups excluding carboxylic acids is 2. The van der Waals surface area contributed by atoms with Gasteiger partial charge in [-0.1, -0.05) is 47.3 Å². The van der Waals surface area contributed by atoms with Crippen LogP contribution in [0.3, 0.4) is 0 Å². The highest BCUT2D eigenvalue weighted by atomic mass is 79.9. The molecule has 12 heteroatoms. The third-order valence-electron chi connectivity index (χ3n) is 6.48. The molecule has 0 spiro atoms. The second-order valence-electron chi connectivity index (χ2n) is 12.3. The minimum Gasteiger partial charge on any atom is -0.443 e. The zero-order valence-electron chi connectivity index (χ0n) is 23.4. The maximum absolute atomic E-state index is 15.2. The molecule has 0 aromatic heterocycles. The minimum atomic E-state index is -1.70. The lowest BCUT2D eigenvalue weighted by Crippen LogP contribution is -2.50. The van der Waals surface area contributed by atoms with Gasteiger partial charge in [-0.25, -0.2) is 23.5 Å². The number of hydrogen-bond acceptors (Lipinski definition) is 6. The maximum atomic E-state index is 15.2. The van der Waals surface area contributed by atoms with E-state index in [-0.39, 0.29) is 29.8 Å². The molecule has 38 heavy (non-hydrogen) atoms. The van der Waals surface area contributed by atoms with E-state index < -0.39 is 48.5 Å². The predicted octanol–water partition coefficient (Wildman–Crippen LogP) is 6.25. The number of amidine groups is 1. The molecule has 0 bridgehead atoms. The van der Waals surface area contributed by atoms with Gasteiger partial charge in [0, 0.05) is 44.7 Å². The molecule has 1 fully saturated rings. The molecule has 0 saturated heterocycles. The summed E-state index contributed by atoms with van der Waals surface area (Å²) in [6.45, 7) is 11.1. The summed E-state index contributed by atoms with van der Waals surface area (Å²) >= 11 is 4.46. The van der Waals surface area contributed by atoms with Crippen LogP contribution in [-0.4, -0.2) is 79.5 Å². The molecule has 0 unspecified atom stereocenters. The number of alkyl halides is 1. The fourth-order valence-electron chi connectivity index (χ4n) is 4.43. The van der Waals surface area contributed by atoms with Crippen molar-refractivity contribution in [1.29, 1.82) is 0 Å². The van der Waals surface area contributed by atoms with Crippen LogP contribution in [0.1, 0.15) is 32.8 Å². The van der Waals surface area contributed by atoms with Crippen LogP contribution in [0.25, 0.3) is 0 Å². The normalized spacial score (nSPS) is 24.8. The smallest absolute Gasteiger partial charge is 0.418 e. The summed E-state index contributed by atoms with van der Waals surface area (Å²) in [5.41, 5.74) is -2.48. The van der Waals surface area contributed by atoms with E-state index in [1.54, 1.807) is 34.9 Å². The molecular formula is C26H38BrF2N3O4SSi. The van der Waals surface area contributed by atoms with Crippen molar-refractivity contribution in [3.63, 3.8) is 0 Å². The van der Waals surface area contributed by atoms with Gasteiger partial charge < -0.3 is 14.4 Å². The van der Waals surface area contributed by atoms with Crippen molar-refractivity contribution < 1.29 is 27.8 Å². The molecule has 2 aliphatic rings. The van der Waals surface area contributed by atoms with E-state index >= 15 is 8.78 Å². The van der Waals surface area contributed by atoms with Crippen LogP contribution >= 0.6 is 27.7 Å². The first-order valence-electron chi connectivity index (χ1n) is 12.6. The van der Waals surface area contributed by atoms with Crippen LogP contribution in [0.5, 0.6) is 0 Å². The maximum Gasteiger partial charge on any atom is 0.418 e. The first-order valence-corrected chi connectivity index (χ1v) is 17.9. The van der Waals surface area contributed by atoms with Gasteiger partial charge in [0.2, 0.25) is 5.91 Å². The van der Waals surface area contributed by atoms with E-state index in [2.05, 4.69) is 35.6 Å². The lowest BCUT2D eigenvalue weighted by molar-refractivity contribution is -0.129. The van der Waals surface area contributed by atoms with E-state index in [0.29, 0.717) is 11.1 Å². The van der Waals surface area contributed by atoms with Crippen LogP contribution in [0.2, 0.25) is 25.7 Å². The molecule has 2 amide bonds. The summed E-state index contributed by atoms with van der Waals surface area (Å²) in [7, 11) is 1.85. The van der Waals surface area contributed by atoms with Crippen LogP contribution in [0, 0.1) is 11.7 Å². The number of hydrogen-bond donors (Lipinski definition) is 0. The van der Waals surface area contributed by atoms with Gasteiger partial charge >= 0.3 is 6.09 Å². The zero-order valence-corrected chi connectivity index (χ0v) is 26.8. The van der Waals surface area contributed by atoms with Crippen LogP contribution in [-0.2, 0) is 19.8 Å². The van der Waals surface area contributed by atoms with E-state index in [1.807, 2.05) is 0 Å². The largest absolute Gasteiger partial charge is 0.443 e. The number of fused-ring (bicyclic) bond motifs is 1. The SMILES string of the molecule is CN(C)C(=O)[C@]12C[C@H]1[C@@](CF)(c1cc(Br)ccc1F)N=C(N(COCC[Si](C)(C)C)C(=O)OC(C)(C)C)S2. The summed E-state index contributed by atoms with van der Waals surface area (Å²) in [4.78, 5) is 34.2. The fraction of sp³-hybridized carbons (Fsp3) is 0.654. The summed E-state index contributed by atoms with van der Waals surface area (Å²) in [6, 6.07) is 5.14. The standard InChI is InChI=1S/C26H38BrF2N3O4SSi/c1-24(2,3)36-23(34)32(16-35-11-12-38(6,7)8)22-30-25(15-28,18-13-17(27)9-10-19(18)29)20-14-26(20,37-22)21(33)31(4)5/h9-10,13,20H,11-12,14-16H2,1-8H3/t20-,25+,26-/m0/s1. The number of thioether (sulfide) groups is 1. The van der Waals surface area contributed by atoms with Gasteiger partial charge in [0.15, 0.2) is 5.17 Å². The Labute approximate surface area is 237 Å². The number of carbonyl (C=O) groups is 2. The highest BCUT2D eigenvalue weighted by Gasteiger charge is 2.73. The van der Waals surface area contributed by atoms with Gasteiger partial charge in [-0.2, -0.15) is 0 Å². The van der Waals surface area contributed by atoms with Gasteiger partial charge in [-0.15, -0.1) is 0 Å². The van der Waals surface area contributed by atoms with E-state index in [1.165, 1.54) is 28.0 Å². The Hall–Kier alpha value is -1.50. The second-order valence-corrected chi connectivity index (χ2v) is 20.1. The van der Waals surface area contributed by atoms with E-state index in [9.17, 15) is 9.59 Å². The first kappa shape index (κ1) is 31.0. The topological polar surface area (TPSA) is 71.4 Å². The van der Waals surface area contributed by atoms with Crippen molar-refractivity contribution in [2.45, 2.75) is 68.8 Å². The van der Waals surface area contributed by atoms with Gasteiger partial charge in [0.25, 0.3) is 0 Å². The molecule has 1 heterocycles. The number of rotatable bonds is 8. The van der Waals surface area contributed by atoms with Crippen LogP contribution in [0.15, 0.2) is 27.7 Å². The Balaban J connectivity index is 2.12. The summed E-state index contributed by atoms with van der Waals surface area (Å²) in [5, 5.41) is 0.0771. The molecule has 3 atom stereocenters. The summed E-state index contributed by atoms with van der Waals surface area (Å²) in [6.07, 6.45) is -0.443. The number of benzene rings is 1. The van der Waals surface area contributed by atoms with Gasteiger partial charge in [-0.05, 0) is 51.4 Å². The number of amides is 2. The van der Waals surface area contributed by atoms with E-state index in [4.69, 9.17) is 14.5 Å². The summed E-state index contributed by atoms with van der Waals surface area (Å²) < 4.78 is 41.4. The fourth-order valence-corrected chi connectivity index (χ4v) is 7.18. The average molecular weight is 635 g/mol. The third kappa shape index (κ3) is 6.61. The highest BCUT2D eigenvalue weighted by molar-refractivity contribution is 9.10. The Morgan fingerprint density at radius 3 is 2.47 bits per heavy atom. The van der Waals surface area contributed by atoms with Crippen LogP contribution in [0.4, 0.5) is 13.6 Å². The number of aliphatic imine (C=N–C) groups is 1. The average Bonchev–Trinajstić information content (AvgIpc) is 3.54. The summed E-state index contributed by atoms with van der Waals surface area (Å²) in [5.74, 6) is -1.47. The molecule has 1 saturated carbocycles. The quantitative estimate of drug-likeness (QED) is 0.192. The second kappa shape index (κ2) is 11.2. The lowest BCUT2D eigenvalue weighted by Gasteiger charge is -2.38. The lowest BCUT2D eigenvalue weighted by atomic mass is 9.84. The molecule has 7 nitrogen and oxygen atoms in total. The third-order valence-corrected chi connectivity index (χ3v) is 10.2. The number of ether oxygens (including phenoxy) is 2. The van der Waals surface area contributed by atoms with Crippen molar-refractivity contribution in [2.24, 2.45) is 10.9 Å². The molecule has 1 aliphatic heterocycles. The zero-order chi connectivity index (χ0) is 28.7. The predicted molar refractivity (Wildman–Crippen MR) is 153 cm³/mol. The van der Waals surface area contributed by atoms with E-state index in [0.717, 1.165) is 17.8 Å². The first-order chi connectivity index (χ1) is 17.5. The molecule has 1 aromatic rings. The highest BCUT2D eigenvalue weighted by Crippen LogP contribution is 2.67. The molecule has 1 aromatic carbocycles. The number of halogens is 3. The molecule has 0 N–H and O–H groups in total. The molecule has 212 valence electrons. The monoisotopic (exact) mass is 633 g/mol. The van der Waals surface area contributed by atoms with Gasteiger partial charge in [0.1, 0.15) is 35.1 Å². The van der Waals surface area contributed by atoms with Crippen molar-refractivity contribution >= 4 is 52.9 Å². The van der Waals surface area contributed by atoms with Crippen molar-refractivity contribution in [3.8, 4) is 0 Å². The Morgan fingerprint density at radius 2 is 1.92 bits per heavy atom. The Morgan fingerprint density at radius 1 is 1.26 bits per heavy atom. The minimum absolute atomic E-state index is 0.0365. The van der Waals surface area contributed by atoms with Gasteiger partial charge in [-0.3, -0.25) is 4.79 Å². The van der Waals surface area contributed by atoms with Crippen molar-refractivity contribution in [2.75, 3.05) is 34.1 Å². The molecule has 1 aliphatic carbocycles. The van der Waals surface area contributed by atoms with Crippen molar-refractivity contribution in [1.82, 2.24) is 9.80 Å². The van der Waals surface area contributed by atoms with Gasteiger partial charge in [0.05, 0.1) is 0 Å².